The van der Waals surface area contributed by atoms with Gasteiger partial charge in [-0.15, -0.1) is 0 Å². The number of aromatic amines is 1. The highest BCUT2D eigenvalue weighted by molar-refractivity contribution is 7.99. The van der Waals surface area contributed by atoms with Crippen molar-refractivity contribution in [2.75, 3.05) is 11.5 Å². The summed E-state index contributed by atoms with van der Waals surface area (Å²) < 4.78 is 39.6. The van der Waals surface area contributed by atoms with Gasteiger partial charge in [-0.1, -0.05) is 11.8 Å². The number of ketones is 1. The van der Waals surface area contributed by atoms with Crippen LogP contribution in [0.15, 0.2) is 25.6 Å². The zero-order valence-electron chi connectivity index (χ0n) is 13.4. The Morgan fingerprint density at radius 1 is 1.27 bits per heavy atom. The average molecular weight is 391 g/mol. The molecule has 0 aliphatic carbocycles. The van der Waals surface area contributed by atoms with Gasteiger partial charge in [0.2, 0.25) is 0 Å². The van der Waals surface area contributed by atoms with Crippen LogP contribution in [-0.4, -0.2) is 30.6 Å². The molecule has 0 aliphatic heterocycles. The van der Waals surface area contributed by atoms with E-state index in [-0.39, 0.29) is 11.9 Å². The standard InChI is InChI=1S/C13H12F3N5O4S/c1-20-9(17)8(10(24)21(2)12(20)25)5(22)4-26-11-18-6(13(14,15)16)3-7(23)19-11/h3H,4,17H2,1-2H3,(H,18,19,23). The van der Waals surface area contributed by atoms with Gasteiger partial charge in [-0.25, -0.2) is 9.78 Å². The fourth-order valence-corrected chi connectivity index (χ4v) is 2.72. The van der Waals surface area contributed by atoms with E-state index in [4.69, 9.17) is 5.73 Å². The molecule has 140 valence electrons. The Hall–Kier alpha value is -2.83. The summed E-state index contributed by atoms with van der Waals surface area (Å²) >= 11 is 0.494. The van der Waals surface area contributed by atoms with Gasteiger partial charge in [0.15, 0.2) is 16.6 Å². The maximum Gasteiger partial charge on any atom is 0.433 e. The van der Waals surface area contributed by atoms with Gasteiger partial charge in [0.05, 0.1) is 5.75 Å². The van der Waals surface area contributed by atoms with Gasteiger partial charge < -0.3 is 10.7 Å². The van der Waals surface area contributed by atoms with Crippen LogP contribution in [0.3, 0.4) is 0 Å². The predicted molar refractivity (Wildman–Crippen MR) is 86.3 cm³/mol. The molecule has 0 unspecified atom stereocenters. The molecule has 2 aromatic heterocycles. The third-order valence-electron chi connectivity index (χ3n) is 3.34. The van der Waals surface area contributed by atoms with Crippen LogP contribution in [0.25, 0.3) is 0 Å². The van der Waals surface area contributed by atoms with Gasteiger partial charge in [0.25, 0.3) is 11.1 Å². The SMILES string of the molecule is Cn1c(N)c(C(=O)CSc2nc(C(F)(F)F)cc(=O)[nH]2)c(=O)n(C)c1=O. The van der Waals surface area contributed by atoms with Gasteiger partial charge in [0, 0.05) is 20.2 Å². The number of alkyl halides is 3. The Labute approximate surface area is 146 Å². The van der Waals surface area contributed by atoms with Crippen LogP contribution in [0.2, 0.25) is 0 Å². The number of aromatic nitrogens is 4. The van der Waals surface area contributed by atoms with Crippen LogP contribution >= 0.6 is 11.8 Å². The molecular weight excluding hydrogens is 379 g/mol. The lowest BCUT2D eigenvalue weighted by atomic mass is 10.2. The van der Waals surface area contributed by atoms with Crippen LogP contribution in [-0.2, 0) is 20.3 Å². The Bertz CT molecular complexity index is 1050. The van der Waals surface area contributed by atoms with Crippen molar-refractivity contribution >= 4 is 23.4 Å². The van der Waals surface area contributed by atoms with Crippen LogP contribution < -0.4 is 22.5 Å². The summed E-state index contributed by atoms with van der Waals surface area (Å²) in [4.78, 5) is 52.6. The van der Waals surface area contributed by atoms with Gasteiger partial charge >= 0.3 is 11.9 Å². The molecule has 0 bridgehead atoms. The third kappa shape index (κ3) is 3.71. The molecule has 26 heavy (non-hydrogen) atoms. The minimum absolute atomic E-state index is 0.284. The normalized spacial score (nSPS) is 11.6. The summed E-state index contributed by atoms with van der Waals surface area (Å²) in [6.45, 7) is 0. The van der Waals surface area contributed by atoms with Gasteiger partial charge in [-0.3, -0.25) is 23.5 Å². The molecule has 0 aliphatic rings. The summed E-state index contributed by atoms with van der Waals surface area (Å²) in [6.07, 6.45) is -4.83. The molecule has 0 spiro atoms. The van der Waals surface area contributed by atoms with E-state index >= 15 is 0 Å². The molecule has 0 saturated heterocycles. The Kier molecular flexibility index (Phi) is 5.11. The van der Waals surface area contributed by atoms with Gasteiger partial charge in [-0.2, -0.15) is 13.2 Å². The number of hydrogen-bond acceptors (Lipinski definition) is 7. The first-order valence-corrected chi connectivity index (χ1v) is 7.82. The summed E-state index contributed by atoms with van der Waals surface area (Å²) in [5, 5.41) is -0.446. The number of rotatable bonds is 4. The molecule has 2 heterocycles. The number of Topliss-reactive ketones (excluding diaryl/α,β-unsaturated/α-hetero) is 1. The van der Waals surface area contributed by atoms with Crippen LogP contribution in [0, 0.1) is 0 Å². The lowest BCUT2D eigenvalue weighted by Crippen LogP contribution is -2.41. The molecule has 0 aromatic carbocycles. The van der Waals surface area contributed by atoms with E-state index in [1.165, 1.54) is 7.05 Å². The van der Waals surface area contributed by atoms with E-state index in [9.17, 15) is 32.3 Å². The Morgan fingerprint density at radius 3 is 2.46 bits per heavy atom. The Morgan fingerprint density at radius 2 is 1.88 bits per heavy atom. The second kappa shape index (κ2) is 6.82. The Balaban J connectivity index is 2.34. The van der Waals surface area contributed by atoms with Crippen molar-refractivity contribution in [1.82, 2.24) is 19.1 Å². The molecule has 0 fully saturated rings. The van der Waals surface area contributed by atoms with Gasteiger partial charge in [0.1, 0.15) is 11.4 Å². The first kappa shape index (κ1) is 19.5. The number of nitrogen functional groups attached to an aromatic ring is 1. The summed E-state index contributed by atoms with van der Waals surface area (Å²) in [5.41, 5.74) is 1.04. The minimum atomic E-state index is -4.83. The van der Waals surface area contributed by atoms with E-state index in [0.717, 1.165) is 11.6 Å². The van der Waals surface area contributed by atoms with Crippen LogP contribution in [0.4, 0.5) is 19.0 Å². The maximum atomic E-state index is 12.7. The van der Waals surface area contributed by atoms with E-state index in [1.54, 1.807) is 0 Å². The first-order valence-electron chi connectivity index (χ1n) is 6.83. The number of carbonyl (C=O) groups is 1. The van der Waals surface area contributed by atoms with Crippen molar-refractivity contribution in [2.45, 2.75) is 11.3 Å². The molecule has 0 amide bonds. The molecule has 0 atom stereocenters. The molecule has 0 radical (unpaired) electrons. The fourth-order valence-electron chi connectivity index (χ4n) is 1.98. The van der Waals surface area contributed by atoms with E-state index in [0.29, 0.717) is 16.3 Å². The average Bonchev–Trinajstić information content (AvgIpc) is 2.55. The zero-order valence-corrected chi connectivity index (χ0v) is 14.2. The molecule has 2 aromatic rings. The van der Waals surface area contributed by atoms with Crippen molar-refractivity contribution in [2.24, 2.45) is 14.1 Å². The smallest absolute Gasteiger partial charge is 0.384 e. The minimum Gasteiger partial charge on any atom is -0.384 e. The monoisotopic (exact) mass is 391 g/mol. The summed E-state index contributed by atoms with van der Waals surface area (Å²) in [5.74, 6) is -1.72. The number of nitrogens with one attached hydrogen (secondary N) is 1. The van der Waals surface area contributed by atoms with E-state index in [2.05, 4.69) is 9.97 Å². The van der Waals surface area contributed by atoms with Crippen LogP contribution in [0.5, 0.6) is 0 Å². The number of carbonyl (C=O) groups excluding carboxylic acids is 1. The lowest BCUT2D eigenvalue weighted by molar-refractivity contribution is -0.141. The second-order valence-corrected chi connectivity index (χ2v) is 6.08. The molecule has 2 rings (SSSR count). The number of nitrogens with two attached hydrogens (primary N) is 1. The highest BCUT2D eigenvalue weighted by atomic mass is 32.2. The number of nitrogens with zero attached hydrogens (tertiary/aromatic N) is 3. The number of hydrogen-bond donors (Lipinski definition) is 2. The quantitative estimate of drug-likeness (QED) is 0.417. The fraction of sp³-hybridized carbons (Fsp3) is 0.308. The molecular formula is C13H12F3N5O4S. The van der Waals surface area contributed by atoms with E-state index in [1.807, 2.05) is 0 Å². The third-order valence-corrected chi connectivity index (χ3v) is 4.21. The van der Waals surface area contributed by atoms with Crippen molar-refractivity contribution in [1.29, 1.82) is 0 Å². The number of anilines is 1. The van der Waals surface area contributed by atoms with Gasteiger partial charge in [-0.05, 0) is 0 Å². The molecule has 0 saturated carbocycles. The predicted octanol–water partition coefficient (Wildman–Crippen LogP) is -0.257. The second-order valence-electron chi connectivity index (χ2n) is 5.11. The van der Waals surface area contributed by atoms with Crippen molar-refractivity contribution in [3.8, 4) is 0 Å². The topological polar surface area (TPSA) is 133 Å². The number of thioether (sulfide) groups is 1. The highest BCUT2D eigenvalue weighted by Crippen LogP contribution is 2.27. The van der Waals surface area contributed by atoms with Crippen molar-refractivity contribution < 1.29 is 18.0 Å². The molecule has 9 nitrogen and oxygen atoms in total. The zero-order chi connectivity index (χ0) is 19.8. The van der Waals surface area contributed by atoms with Crippen molar-refractivity contribution in [3.63, 3.8) is 0 Å². The number of halogens is 3. The highest BCUT2D eigenvalue weighted by Gasteiger charge is 2.33. The maximum absolute atomic E-state index is 12.7. The largest absolute Gasteiger partial charge is 0.433 e. The first-order chi connectivity index (χ1) is 11.9. The van der Waals surface area contributed by atoms with Crippen molar-refractivity contribution in [3.05, 3.63) is 48.5 Å². The molecule has 13 heteroatoms. The summed E-state index contributed by atoms with van der Waals surface area (Å²) in [6, 6.07) is 0.284. The van der Waals surface area contributed by atoms with Crippen LogP contribution in [0.1, 0.15) is 16.1 Å². The lowest BCUT2D eigenvalue weighted by Gasteiger charge is -2.10. The number of H-pyrrole nitrogens is 1. The molecule has 3 N–H and O–H groups in total. The van der Waals surface area contributed by atoms with E-state index < -0.39 is 50.9 Å². The summed E-state index contributed by atoms with van der Waals surface area (Å²) in [7, 11) is 2.41.